The highest BCUT2D eigenvalue weighted by atomic mass is 14.9. The molecule has 0 spiro atoms. The summed E-state index contributed by atoms with van der Waals surface area (Å²) in [7, 11) is 0. The van der Waals surface area contributed by atoms with Gasteiger partial charge >= 0.3 is 0 Å². The molecule has 0 unspecified atom stereocenters. The lowest BCUT2D eigenvalue weighted by atomic mass is 9.74. The van der Waals surface area contributed by atoms with Crippen LogP contribution in [0.5, 0.6) is 0 Å². The first-order chi connectivity index (χ1) is 12.0. The highest BCUT2D eigenvalue weighted by molar-refractivity contribution is 5.93. The van der Waals surface area contributed by atoms with Crippen LogP contribution in [0, 0.1) is 6.92 Å². The van der Waals surface area contributed by atoms with Crippen molar-refractivity contribution in [2.75, 3.05) is 0 Å². The molecule has 0 bridgehead atoms. The largest absolute Gasteiger partial charge is 0.220 e. The molecular formula is C24H30N+. The van der Waals surface area contributed by atoms with E-state index in [9.17, 15) is 0 Å². The molecule has 0 atom stereocenters. The molecule has 0 radical (unpaired) electrons. The van der Waals surface area contributed by atoms with Crippen molar-refractivity contribution in [1.82, 2.24) is 0 Å². The molecule has 0 saturated heterocycles. The smallest absolute Gasteiger partial charge is 0.198 e. The number of hydrogen-bond acceptors (Lipinski definition) is 0. The van der Waals surface area contributed by atoms with E-state index >= 15 is 0 Å². The first kappa shape index (κ1) is 17.7. The van der Waals surface area contributed by atoms with Gasteiger partial charge in [0.2, 0.25) is 5.69 Å². The van der Waals surface area contributed by atoms with E-state index in [-0.39, 0.29) is 5.41 Å². The maximum Gasteiger partial charge on any atom is 0.220 e. The number of pyridine rings is 1. The topological polar surface area (TPSA) is 3.88 Å². The summed E-state index contributed by atoms with van der Waals surface area (Å²) >= 11 is 0. The third kappa shape index (κ3) is 3.08. The van der Waals surface area contributed by atoms with Crippen molar-refractivity contribution in [3.05, 3.63) is 65.9 Å². The normalized spacial score (nSPS) is 11.9. The molecule has 0 amide bonds. The second kappa shape index (κ2) is 7.00. The molecule has 3 aromatic rings. The first-order valence-electron chi connectivity index (χ1n) is 9.56. The van der Waals surface area contributed by atoms with Gasteiger partial charge in [-0.05, 0) is 55.2 Å². The molecule has 1 aromatic heterocycles. The number of aromatic nitrogens is 1. The SMILES string of the molecule is CC[n+]1ccc2ccccc2c1-c1ccc(C)cc1C(C)(CC)CC. The van der Waals surface area contributed by atoms with Crippen LogP contribution >= 0.6 is 0 Å². The molecule has 1 heteroatoms. The van der Waals surface area contributed by atoms with Crippen molar-refractivity contribution >= 4 is 10.8 Å². The van der Waals surface area contributed by atoms with E-state index in [2.05, 4.69) is 93.9 Å². The van der Waals surface area contributed by atoms with Crippen molar-refractivity contribution < 1.29 is 4.57 Å². The third-order valence-corrected chi connectivity index (χ3v) is 5.92. The fraction of sp³-hybridized carbons (Fsp3) is 0.375. The molecule has 3 rings (SSSR count). The van der Waals surface area contributed by atoms with Crippen LogP contribution in [0.4, 0.5) is 0 Å². The van der Waals surface area contributed by atoms with E-state index in [1.54, 1.807) is 0 Å². The Morgan fingerprint density at radius 3 is 2.32 bits per heavy atom. The van der Waals surface area contributed by atoms with E-state index in [1.807, 2.05) is 0 Å². The minimum absolute atomic E-state index is 0.198. The van der Waals surface area contributed by atoms with Crippen LogP contribution < -0.4 is 4.57 Å². The first-order valence-corrected chi connectivity index (χ1v) is 9.56. The highest BCUT2D eigenvalue weighted by Crippen LogP contribution is 2.39. The van der Waals surface area contributed by atoms with Gasteiger partial charge in [0.25, 0.3) is 0 Å². The summed E-state index contributed by atoms with van der Waals surface area (Å²) in [5, 5.41) is 2.65. The average molecular weight is 333 g/mol. The van der Waals surface area contributed by atoms with Gasteiger partial charge in [-0.25, -0.2) is 0 Å². The molecule has 1 nitrogen and oxygen atoms in total. The molecule has 0 N–H and O–H groups in total. The van der Waals surface area contributed by atoms with Crippen LogP contribution in [-0.4, -0.2) is 0 Å². The molecule has 25 heavy (non-hydrogen) atoms. The summed E-state index contributed by atoms with van der Waals surface area (Å²) in [5.41, 5.74) is 5.76. The number of rotatable bonds is 5. The average Bonchev–Trinajstić information content (AvgIpc) is 2.66. The highest BCUT2D eigenvalue weighted by Gasteiger charge is 2.29. The summed E-state index contributed by atoms with van der Waals surface area (Å²) in [5.74, 6) is 0. The van der Waals surface area contributed by atoms with Crippen LogP contribution in [-0.2, 0) is 12.0 Å². The minimum atomic E-state index is 0.198. The van der Waals surface area contributed by atoms with E-state index < -0.39 is 0 Å². The van der Waals surface area contributed by atoms with Gasteiger partial charge in [0.15, 0.2) is 6.20 Å². The van der Waals surface area contributed by atoms with Crippen molar-refractivity contribution in [3.8, 4) is 11.3 Å². The monoisotopic (exact) mass is 332 g/mol. The Bertz CT molecular complexity index is 888. The molecular weight excluding hydrogens is 302 g/mol. The number of fused-ring (bicyclic) bond motifs is 1. The van der Waals surface area contributed by atoms with Gasteiger partial charge in [-0.2, -0.15) is 4.57 Å². The summed E-state index contributed by atoms with van der Waals surface area (Å²) in [6, 6.07) is 18.0. The third-order valence-electron chi connectivity index (χ3n) is 5.92. The van der Waals surface area contributed by atoms with Crippen LogP contribution in [0.15, 0.2) is 54.7 Å². The van der Waals surface area contributed by atoms with Gasteiger partial charge in [-0.15, -0.1) is 0 Å². The zero-order valence-corrected chi connectivity index (χ0v) is 16.3. The Morgan fingerprint density at radius 1 is 0.920 bits per heavy atom. The summed E-state index contributed by atoms with van der Waals surface area (Å²) in [6.45, 7) is 12.4. The molecule has 0 aliphatic heterocycles. The van der Waals surface area contributed by atoms with E-state index in [0.717, 1.165) is 19.4 Å². The maximum absolute atomic E-state index is 2.41. The predicted octanol–water partition coefficient (Wildman–Crippen LogP) is 6.20. The summed E-state index contributed by atoms with van der Waals surface area (Å²) in [6.07, 6.45) is 4.53. The lowest BCUT2D eigenvalue weighted by Crippen LogP contribution is -2.35. The van der Waals surface area contributed by atoms with Gasteiger partial charge in [0.05, 0.1) is 10.9 Å². The number of hydrogen-bond donors (Lipinski definition) is 0. The van der Waals surface area contributed by atoms with Gasteiger partial charge in [-0.3, -0.25) is 0 Å². The fourth-order valence-corrected chi connectivity index (χ4v) is 3.82. The van der Waals surface area contributed by atoms with Crippen LogP contribution in [0.1, 0.15) is 51.7 Å². The lowest BCUT2D eigenvalue weighted by molar-refractivity contribution is -0.681. The molecule has 0 saturated carbocycles. The zero-order chi connectivity index (χ0) is 18.0. The van der Waals surface area contributed by atoms with E-state index in [0.29, 0.717) is 0 Å². The molecule has 0 fully saturated rings. The molecule has 0 aliphatic rings. The summed E-state index contributed by atoms with van der Waals surface area (Å²) < 4.78 is 2.39. The van der Waals surface area contributed by atoms with E-state index in [1.165, 1.54) is 33.2 Å². The van der Waals surface area contributed by atoms with Crippen molar-refractivity contribution in [2.45, 2.75) is 59.4 Å². The quantitative estimate of drug-likeness (QED) is 0.490. The van der Waals surface area contributed by atoms with Crippen molar-refractivity contribution in [3.63, 3.8) is 0 Å². The van der Waals surface area contributed by atoms with E-state index in [4.69, 9.17) is 0 Å². The molecule has 2 aromatic carbocycles. The minimum Gasteiger partial charge on any atom is -0.198 e. The number of benzene rings is 2. The van der Waals surface area contributed by atoms with Crippen LogP contribution in [0.25, 0.3) is 22.0 Å². The Labute approximate surface area is 152 Å². The molecule has 130 valence electrons. The van der Waals surface area contributed by atoms with Gasteiger partial charge in [0, 0.05) is 6.07 Å². The Kier molecular flexibility index (Phi) is 4.94. The standard InChI is InChI=1S/C24H30N/c1-6-24(5,7-2)22-17-18(4)13-14-21(22)23-20-12-10-9-11-19(20)15-16-25(23)8-3/h9-17H,6-8H2,1-5H3/q+1. The van der Waals surface area contributed by atoms with Crippen LogP contribution in [0.2, 0.25) is 0 Å². The maximum atomic E-state index is 2.41. The van der Waals surface area contributed by atoms with Gasteiger partial charge < -0.3 is 0 Å². The van der Waals surface area contributed by atoms with Crippen molar-refractivity contribution in [2.24, 2.45) is 0 Å². The second-order valence-corrected chi connectivity index (χ2v) is 7.35. The Morgan fingerprint density at radius 2 is 1.64 bits per heavy atom. The van der Waals surface area contributed by atoms with Gasteiger partial charge in [0.1, 0.15) is 6.54 Å². The predicted molar refractivity (Wildman–Crippen MR) is 108 cm³/mol. The Balaban J connectivity index is 2.40. The zero-order valence-electron chi connectivity index (χ0n) is 16.3. The fourth-order valence-electron chi connectivity index (χ4n) is 3.82. The number of aryl methyl sites for hydroxylation is 2. The number of nitrogens with zero attached hydrogens (tertiary/aromatic N) is 1. The molecule has 1 heterocycles. The second-order valence-electron chi connectivity index (χ2n) is 7.35. The molecule has 0 aliphatic carbocycles. The summed E-state index contributed by atoms with van der Waals surface area (Å²) in [4.78, 5) is 0. The Hall–Kier alpha value is -2.15. The van der Waals surface area contributed by atoms with Crippen molar-refractivity contribution in [1.29, 1.82) is 0 Å². The van der Waals surface area contributed by atoms with Crippen LogP contribution in [0.3, 0.4) is 0 Å². The van der Waals surface area contributed by atoms with Gasteiger partial charge in [-0.1, -0.05) is 56.7 Å². The lowest BCUT2D eigenvalue weighted by Gasteiger charge is -2.30.